The van der Waals surface area contributed by atoms with Gasteiger partial charge in [-0.2, -0.15) is 0 Å². The molecule has 1 N–H and O–H groups in total. The van der Waals surface area contributed by atoms with E-state index in [0.29, 0.717) is 17.2 Å². The number of methoxy groups -OCH3 is 1. The number of halogens is 1. The fourth-order valence-corrected chi connectivity index (χ4v) is 4.12. The van der Waals surface area contributed by atoms with Crippen molar-refractivity contribution in [2.45, 2.75) is 13.3 Å². The van der Waals surface area contributed by atoms with Crippen LogP contribution in [-0.2, 0) is 6.42 Å². The second-order valence-electron chi connectivity index (χ2n) is 5.57. The van der Waals surface area contributed by atoms with Gasteiger partial charge in [-0.25, -0.2) is 4.79 Å². The molecule has 0 unspecified atom stereocenters. The number of fused-ring (bicyclic) bond motifs is 1. The van der Waals surface area contributed by atoms with Crippen LogP contribution in [0.3, 0.4) is 0 Å². The number of benzene rings is 2. The van der Waals surface area contributed by atoms with E-state index < -0.39 is 5.97 Å². The minimum atomic E-state index is -0.997. The summed E-state index contributed by atoms with van der Waals surface area (Å²) in [5.41, 5.74) is 2.15. The Hall–Kier alpha value is -2.05. The third kappa shape index (κ3) is 3.65. The maximum atomic E-state index is 11.7. The van der Waals surface area contributed by atoms with Gasteiger partial charge in [0.05, 0.1) is 7.11 Å². The second kappa shape index (κ2) is 7.45. The first kappa shape index (κ1) is 17.8. The van der Waals surface area contributed by atoms with E-state index in [1.165, 1.54) is 16.9 Å². The van der Waals surface area contributed by atoms with Gasteiger partial charge in [0, 0.05) is 15.4 Å². The first-order valence-corrected chi connectivity index (χ1v) is 9.64. The molecule has 3 aromatic rings. The monoisotopic (exact) mass is 420 g/mol. The van der Waals surface area contributed by atoms with E-state index in [4.69, 9.17) is 9.47 Å². The van der Waals surface area contributed by atoms with Crippen molar-refractivity contribution >= 4 is 43.3 Å². The van der Waals surface area contributed by atoms with Crippen molar-refractivity contribution in [3.63, 3.8) is 0 Å². The summed E-state index contributed by atoms with van der Waals surface area (Å²) in [6.45, 7) is 1.93. The topological polar surface area (TPSA) is 55.8 Å². The molecule has 2 aromatic carbocycles. The molecule has 0 saturated heterocycles. The van der Waals surface area contributed by atoms with Gasteiger partial charge in [-0.1, -0.05) is 28.1 Å². The number of ether oxygens (including phenoxy) is 2. The minimum absolute atomic E-state index is 0.187. The lowest BCUT2D eigenvalue weighted by Gasteiger charge is -2.09. The Morgan fingerprint density at radius 1 is 1.24 bits per heavy atom. The van der Waals surface area contributed by atoms with Gasteiger partial charge < -0.3 is 14.6 Å². The molecule has 0 aliphatic carbocycles. The SMILES string of the molecule is COc1cc2c(Oc3ccc(CCBr)cc3)c(C(=O)O)sc2cc1C. The number of thiophene rings is 1. The molecule has 4 nitrogen and oxygen atoms in total. The van der Waals surface area contributed by atoms with E-state index in [0.717, 1.165) is 27.4 Å². The number of hydrogen-bond acceptors (Lipinski definition) is 4. The predicted molar refractivity (Wildman–Crippen MR) is 104 cm³/mol. The highest BCUT2D eigenvalue weighted by Crippen LogP contribution is 2.42. The zero-order valence-electron chi connectivity index (χ0n) is 13.8. The van der Waals surface area contributed by atoms with Crippen molar-refractivity contribution in [2.75, 3.05) is 12.4 Å². The fourth-order valence-electron chi connectivity index (χ4n) is 2.62. The molecule has 25 heavy (non-hydrogen) atoms. The number of aryl methyl sites for hydroxylation is 2. The first-order chi connectivity index (χ1) is 12.0. The molecule has 130 valence electrons. The molecule has 0 radical (unpaired) electrons. The average molecular weight is 421 g/mol. The summed E-state index contributed by atoms with van der Waals surface area (Å²) in [5.74, 6) is 0.683. The van der Waals surface area contributed by atoms with Crippen LogP contribution in [0.25, 0.3) is 10.1 Å². The van der Waals surface area contributed by atoms with Crippen LogP contribution < -0.4 is 9.47 Å². The summed E-state index contributed by atoms with van der Waals surface area (Å²) >= 11 is 4.63. The van der Waals surface area contributed by atoms with E-state index in [1.807, 2.05) is 43.3 Å². The van der Waals surface area contributed by atoms with Crippen LogP contribution in [0.1, 0.15) is 20.8 Å². The highest BCUT2D eigenvalue weighted by atomic mass is 79.9. The molecule has 0 saturated carbocycles. The normalized spacial score (nSPS) is 10.8. The quantitative estimate of drug-likeness (QED) is 0.523. The van der Waals surface area contributed by atoms with Gasteiger partial charge in [-0.05, 0) is 48.7 Å². The Morgan fingerprint density at radius 3 is 2.56 bits per heavy atom. The molecular formula is C19H17BrO4S. The molecular weight excluding hydrogens is 404 g/mol. The summed E-state index contributed by atoms with van der Waals surface area (Å²) < 4.78 is 12.2. The van der Waals surface area contributed by atoms with Crippen LogP contribution in [0.4, 0.5) is 0 Å². The standard InChI is InChI=1S/C19H17BrO4S/c1-11-9-16-14(10-15(11)23-2)17(18(25-16)19(21)22)24-13-5-3-12(4-6-13)7-8-20/h3-6,9-10H,7-8H2,1-2H3,(H,21,22). The number of carboxylic acids is 1. The van der Waals surface area contributed by atoms with Crippen molar-refractivity contribution < 1.29 is 19.4 Å². The Bertz CT molecular complexity index is 915. The number of hydrogen-bond donors (Lipinski definition) is 1. The fraction of sp³-hybridized carbons (Fsp3) is 0.211. The highest BCUT2D eigenvalue weighted by Gasteiger charge is 2.21. The molecule has 1 heterocycles. The predicted octanol–water partition coefficient (Wildman–Crippen LogP) is 5.65. The highest BCUT2D eigenvalue weighted by molar-refractivity contribution is 9.09. The molecule has 6 heteroatoms. The Kier molecular flexibility index (Phi) is 5.30. The average Bonchev–Trinajstić information content (AvgIpc) is 2.93. The van der Waals surface area contributed by atoms with Gasteiger partial charge in [0.25, 0.3) is 0 Å². The molecule has 0 amide bonds. The second-order valence-corrected chi connectivity index (χ2v) is 7.41. The van der Waals surface area contributed by atoms with Crippen molar-refractivity contribution in [3.8, 4) is 17.2 Å². The van der Waals surface area contributed by atoms with Gasteiger partial charge in [-0.3, -0.25) is 0 Å². The van der Waals surface area contributed by atoms with Gasteiger partial charge in [0.2, 0.25) is 0 Å². The van der Waals surface area contributed by atoms with E-state index in [1.54, 1.807) is 7.11 Å². The van der Waals surface area contributed by atoms with Crippen molar-refractivity contribution in [3.05, 3.63) is 52.4 Å². The van der Waals surface area contributed by atoms with Crippen molar-refractivity contribution in [1.82, 2.24) is 0 Å². The third-order valence-electron chi connectivity index (χ3n) is 3.88. The number of carbonyl (C=O) groups is 1. The van der Waals surface area contributed by atoms with E-state index in [9.17, 15) is 9.90 Å². The van der Waals surface area contributed by atoms with Crippen LogP contribution >= 0.6 is 27.3 Å². The summed E-state index contributed by atoms with van der Waals surface area (Å²) in [7, 11) is 1.60. The summed E-state index contributed by atoms with van der Waals surface area (Å²) in [4.78, 5) is 11.8. The smallest absolute Gasteiger partial charge is 0.349 e. The zero-order valence-corrected chi connectivity index (χ0v) is 16.2. The van der Waals surface area contributed by atoms with Gasteiger partial charge >= 0.3 is 5.97 Å². The lowest BCUT2D eigenvalue weighted by atomic mass is 10.1. The number of alkyl halides is 1. The van der Waals surface area contributed by atoms with Crippen LogP contribution in [0.15, 0.2) is 36.4 Å². The molecule has 0 atom stereocenters. The Balaban J connectivity index is 2.06. The van der Waals surface area contributed by atoms with Crippen LogP contribution in [0, 0.1) is 6.92 Å². The summed E-state index contributed by atoms with van der Waals surface area (Å²) in [6.07, 6.45) is 0.929. The molecule has 0 aliphatic rings. The number of rotatable bonds is 6. The van der Waals surface area contributed by atoms with Gasteiger partial charge in [-0.15, -0.1) is 11.3 Å². The van der Waals surface area contributed by atoms with Gasteiger partial charge in [0.1, 0.15) is 11.5 Å². The number of aromatic carboxylic acids is 1. The molecule has 0 aliphatic heterocycles. The summed E-state index contributed by atoms with van der Waals surface area (Å²) in [6, 6.07) is 11.4. The first-order valence-electron chi connectivity index (χ1n) is 7.70. The number of carboxylic acid groups (broad SMARTS) is 1. The molecule has 1 aromatic heterocycles. The van der Waals surface area contributed by atoms with Crippen molar-refractivity contribution in [2.24, 2.45) is 0 Å². The van der Waals surface area contributed by atoms with E-state index in [-0.39, 0.29) is 4.88 Å². The Labute approximate surface area is 158 Å². The zero-order chi connectivity index (χ0) is 18.0. The molecule has 0 spiro atoms. The van der Waals surface area contributed by atoms with Crippen LogP contribution in [0.5, 0.6) is 17.2 Å². The maximum Gasteiger partial charge on any atom is 0.349 e. The van der Waals surface area contributed by atoms with Crippen LogP contribution in [0.2, 0.25) is 0 Å². The largest absolute Gasteiger partial charge is 0.496 e. The lowest BCUT2D eigenvalue weighted by molar-refractivity contribution is 0.0700. The maximum absolute atomic E-state index is 11.7. The third-order valence-corrected chi connectivity index (χ3v) is 5.40. The summed E-state index contributed by atoms with van der Waals surface area (Å²) in [5, 5.41) is 11.2. The molecule has 0 bridgehead atoms. The molecule has 3 rings (SSSR count). The van der Waals surface area contributed by atoms with Gasteiger partial charge in [0.15, 0.2) is 10.6 Å². The minimum Gasteiger partial charge on any atom is -0.496 e. The van der Waals surface area contributed by atoms with Crippen LogP contribution in [-0.4, -0.2) is 23.5 Å². The molecule has 0 fully saturated rings. The van der Waals surface area contributed by atoms with E-state index >= 15 is 0 Å². The van der Waals surface area contributed by atoms with Crippen molar-refractivity contribution in [1.29, 1.82) is 0 Å². The van der Waals surface area contributed by atoms with E-state index in [2.05, 4.69) is 15.9 Å². The Morgan fingerprint density at radius 2 is 1.96 bits per heavy atom. The lowest BCUT2D eigenvalue weighted by Crippen LogP contribution is -1.96.